The molecule has 10 heteroatoms. The van der Waals surface area contributed by atoms with Crippen molar-refractivity contribution >= 4 is 28.9 Å². The molecular weight excluding hydrogens is 361 g/mol. The number of aromatic hydroxyl groups is 1. The molecule has 0 aliphatic rings. The Bertz CT molecular complexity index is 789. The van der Waals surface area contributed by atoms with E-state index in [0.29, 0.717) is 5.69 Å². The normalized spacial score (nSPS) is 11.3. The van der Waals surface area contributed by atoms with Crippen molar-refractivity contribution in [2.75, 3.05) is 5.32 Å². The van der Waals surface area contributed by atoms with Crippen LogP contribution in [0.2, 0.25) is 0 Å². The molecule has 0 saturated carbocycles. The number of carbonyl (C=O) groups excluding carboxylic acids is 1. The lowest BCUT2D eigenvalue weighted by molar-refractivity contribution is -0.134. The predicted molar refractivity (Wildman–Crippen MR) is 83.9 cm³/mol. The fourth-order valence-electron chi connectivity index (χ4n) is 1.97. The van der Waals surface area contributed by atoms with Gasteiger partial charge in [0.25, 0.3) is 0 Å². The van der Waals surface area contributed by atoms with Crippen molar-refractivity contribution in [2.24, 2.45) is 0 Å². The van der Waals surface area contributed by atoms with Crippen LogP contribution >= 0.6 is 11.3 Å². The van der Waals surface area contributed by atoms with E-state index in [9.17, 15) is 27.9 Å². The van der Waals surface area contributed by atoms with Crippen LogP contribution in [0.15, 0.2) is 23.6 Å². The van der Waals surface area contributed by atoms with Crippen molar-refractivity contribution in [2.45, 2.75) is 25.4 Å². The maximum atomic E-state index is 12.2. The number of phenolic OH excluding ortho intramolecular Hbond substituents is 1. The highest BCUT2D eigenvalue weighted by atomic mass is 32.1. The van der Waals surface area contributed by atoms with E-state index in [2.05, 4.69) is 10.3 Å². The van der Waals surface area contributed by atoms with Gasteiger partial charge in [0.15, 0.2) is 0 Å². The third-order valence-corrected chi connectivity index (χ3v) is 4.03. The lowest BCUT2D eigenvalue weighted by atomic mass is 10.1. The summed E-state index contributed by atoms with van der Waals surface area (Å²) in [6.07, 6.45) is -5.71. The summed E-state index contributed by atoms with van der Waals surface area (Å²) >= 11 is 1.03. The van der Waals surface area contributed by atoms with Gasteiger partial charge in [-0.15, -0.1) is 11.3 Å². The number of carbonyl (C=O) groups is 2. The molecule has 0 aliphatic carbocycles. The topological polar surface area (TPSA) is 99.5 Å². The monoisotopic (exact) mass is 374 g/mol. The second kappa shape index (κ2) is 7.51. The molecule has 0 radical (unpaired) electrons. The van der Waals surface area contributed by atoms with E-state index >= 15 is 0 Å². The average molecular weight is 374 g/mol. The Hall–Kier alpha value is -2.62. The first-order valence-electron chi connectivity index (χ1n) is 7.00. The molecule has 0 bridgehead atoms. The quantitative estimate of drug-likeness (QED) is 0.674. The maximum absolute atomic E-state index is 12.2. The van der Waals surface area contributed by atoms with Crippen LogP contribution in [0.3, 0.4) is 0 Å². The predicted octanol–water partition coefficient (Wildman–Crippen LogP) is 3.22. The highest BCUT2D eigenvalue weighted by Crippen LogP contribution is 2.24. The molecule has 6 nitrogen and oxygen atoms in total. The SMILES string of the molecule is O=C(Cc1csc(CCC(F)(F)F)n1)Nc1ccc(O)cc1C(=O)O. The maximum Gasteiger partial charge on any atom is 0.389 e. The number of phenols is 1. The van der Waals surface area contributed by atoms with E-state index in [4.69, 9.17) is 5.11 Å². The lowest BCUT2D eigenvalue weighted by Gasteiger charge is -2.08. The second-order valence-electron chi connectivity index (χ2n) is 5.11. The number of alkyl halides is 3. The number of carboxylic acid groups (broad SMARTS) is 1. The molecule has 2 aromatic rings. The van der Waals surface area contributed by atoms with Gasteiger partial charge in [0.2, 0.25) is 5.91 Å². The van der Waals surface area contributed by atoms with Gasteiger partial charge in [0.05, 0.1) is 28.4 Å². The average Bonchev–Trinajstić information content (AvgIpc) is 2.93. The summed E-state index contributed by atoms with van der Waals surface area (Å²) in [5, 5.41) is 22.5. The Morgan fingerprint density at radius 3 is 2.64 bits per heavy atom. The van der Waals surface area contributed by atoms with Crippen LogP contribution in [-0.4, -0.2) is 33.2 Å². The summed E-state index contributed by atoms with van der Waals surface area (Å²) in [4.78, 5) is 27.1. The first-order valence-corrected chi connectivity index (χ1v) is 7.88. The molecule has 0 atom stereocenters. The molecule has 0 spiro atoms. The number of nitrogens with one attached hydrogen (secondary N) is 1. The van der Waals surface area contributed by atoms with Gasteiger partial charge in [-0.05, 0) is 18.2 Å². The summed E-state index contributed by atoms with van der Waals surface area (Å²) < 4.78 is 36.5. The van der Waals surface area contributed by atoms with Gasteiger partial charge in [-0.1, -0.05) is 0 Å². The van der Waals surface area contributed by atoms with Crippen molar-refractivity contribution in [3.63, 3.8) is 0 Å². The van der Waals surface area contributed by atoms with E-state index in [1.54, 1.807) is 0 Å². The molecule has 0 unspecified atom stereocenters. The van der Waals surface area contributed by atoms with Crippen molar-refractivity contribution < 1.29 is 33.0 Å². The highest BCUT2D eigenvalue weighted by Gasteiger charge is 2.27. The zero-order chi connectivity index (χ0) is 18.6. The minimum absolute atomic E-state index is 0.00262. The van der Waals surface area contributed by atoms with Gasteiger partial charge < -0.3 is 15.5 Å². The molecule has 1 aromatic heterocycles. The van der Waals surface area contributed by atoms with Gasteiger partial charge in [0.1, 0.15) is 5.75 Å². The molecule has 0 aliphatic heterocycles. The summed E-state index contributed by atoms with van der Waals surface area (Å²) in [5.41, 5.74) is 0.0237. The van der Waals surface area contributed by atoms with Crippen molar-refractivity contribution in [3.8, 4) is 5.75 Å². The molecule has 2 rings (SSSR count). The number of anilines is 1. The molecule has 25 heavy (non-hydrogen) atoms. The number of amides is 1. The van der Waals surface area contributed by atoms with Gasteiger partial charge in [-0.3, -0.25) is 4.79 Å². The van der Waals surface area contributed by atoms with E-state index in [1.807, 2.05) is 0 Å². The summed E-state index contributed by atoms with van der Waals surface area (Å²) in [5.74, 6) is -2.15. The number of thiazole rings is 1. The lowest BCUT2D eigenvalue weighted by Crippen LogP contribution is -2.17. The molecule has 0 fully saturated rings. The van der Waals surface area contributed by atoms with E-state index < -0.39 is 24.5 Å². The largest absolute Gasteiger partial charge is 0.508 e. The number of hydrogen-bond donors (Lipinski definition) is 3. The number of aromatic nitrogens is 1. The number of halogens is 3. The third kappa shape index (κ3) is 5.75. The second-order valence-corrected chi connectivity index (χ2v) is 6.05. The number of benzene rings is 1. The molecule has 134 valence electrons. The summed E-state index contributed by atoms with van der Waals surface area (Å²) in [7, 11) is 0. The summed E-state index contributed by atoms with van der Waals surface area (Å²) in [6, 6.07) is 3.46. The molecule has 0 saturated heterocycles. The Kier molecular flexibility index (Phi) is 5.62. The van der Waals surface area contributed by atoms with Gasteiger partial charge in [0, 0.05) is 18.2 Å². The Balaban J connectivity index is 1.99. The fourth-order valence-corrected chi connectivity index (χ4v) is 2.77. The molecular formula is C15H13F3N2O4S. The smallest absolute Gasteiger partial charge is 0.389 e. The van der Waals surface area contributed by atoms with Crippen LogP contribution in [-0.2, 0) is 17.6 Å². The van der Waals surface area contributed by atoms with Gasteiger partial charge in [-0.2, -0.15) is 13.2 Å². The van der Waals surface area contributed by atoms with Crippen LogP contribution < -0.4 is 5.32 Å². The fraction of sp³-hybridized carbons (Fsp3) is 0.267. The Labute approximate surface area is 143 Å². The van der Waals surface area contributed by atoms with Crippen LogP contribution in [0.25, 0.3) is 0 Å². The Morgan fingerprint density at radius 1 is 1.28 bits per heavy atom. The van der Waals surface area contributed by atoms with Crippen molar-refractivity contribution in [1.29, 1.82) is 0 Å². The molecule has 3 N–H and O–H groups in total. The molecule has 1 amide bonds. The van der Waals surface area contributed by atoms with E-state index in [1.165, 1.54) is 17.5 Å². The number of aromatic carboxylic acids is 1. The zero-order valence-corrected chi connectivity index (χ0v) is 13.4. The van der Waals surface area contributed by atoms with Crippen LogP contribution in [0.5, 0.6) is 5.75 Å². The third-order valence-electron chi connectivity index (χ3n) is 3.07. The van der Waals surface area contributed by atoms with Crippen LogP contribution in [0.1, 0.15) is 27.5 Å². The number of nitrogens with zero attached hydrogens (tertiary/aromatic N) is 1. The van der Waals surface area contributed by atoms with Gasteiger partial charge in [-0.25, -0.2) is 9.78 Å². The molecule has 1 aromatic carbocycles. The molecule has 1 heterocycles. The van der Waals surface area contributed by atoms with E-state index in [-0.39, 0.29) is 34.8 Å². The standard InChI is InChI=1S/C15H13F3N2O4S/c16-15(17,18)4-3-13-19-8(7-25-13)5-12(22)20-11-2-1-9(21)6-10(11)14(23)24/h1-2,6-7,21H,3-5H2,(H,20,22)(H,23,24). The number of rotatable bonds is 6. The van der Waals surface area contributed by atoms with Crippen LogP contribution in [0, 0.1) is 0 Å². The van der Waals surface area contributed by atoms with Crippen molar-refractivity contribution in [3.05, 3.63) is 39.8 Å². The number of aryl methyl sites for hydroxylation is 1. The summed E-state index contributed by atoms with van der Waals surface area (Å²) in [6.45, 7) is 0. The van der Waals surface area contributed by atoms with Crippen LogP contribution in [0.4, 0.5) is 18.9 Å². The number of hydrogen-bond acceptors (Lipinski definition) is 5. The minimum atomic E-state index is -4.27. The first-order chi connectivity index (χ1) is 11.6. The minimum Gasteiger partial charge on any atom is -0.508 e. The highest BCUT2D eigenvalue weighted by molar-refractivity contribution is 7.09. The number of carboxylic acids is 1. The van der Waals surface area contributed by atoms with E-state index in [0.717, 1.165) is 17.4 Å². The first kappa shape index (κ1) is 18.7. The Morgan fingerprint density at radius 2 is 2.00 bits per heavy atom. The van der Waals surface area contributed by atoms with Crippen molar-refractivity contribution in [1.82, 2.24) is 4.98 Å². The zero-order valence-electron chi connectivity index (χ0n) is 12.6. The van der Waals surface area contributed by atoms with Gasteiger partial charge >= 0.3 is 12.1 Å².